The first-order chi connectivity index (χ1) is 12.9. The van der Waals surface area contributed by atoms with Gasteiger partial charge in [0.15, 0.2) is 0 Å². The summed E-state index contributed by atoms with van der Waals surface area (Å²) < 4.78 is 8.18. The lowest BCUT2D eigenvalue weighted by molar-refractivity contribution is -0.0440. The zero-order chi connectivity index (χ0) is 19.6. The number of rotatable bonds is 6. The van der Waals surface area contributed by atoms with Gasteiger partial charge < -0.3 is 14.5 Å². The van der Waals surface area contributed by atoms with Crippen LogP contribution < -0.4 is 5.32 Å². The van der Waals surface area contributed by atoms with Crippen molar-refractivity contribution in [2.45, 2.75) is 85.0 Å². The molecule has 27 heavy (non-hydrogen) atoms. The molecule has 0 spiro atoms. The average Bonchev–Trinajstić information content (AvgIpc) is 3.06. The Kier molecular flexibility index (Phi) is 6.20. The lowest BCUT2D eigenvalue weighted by atomic mass is 9.92. The highest BCUT2D eigenvalue weighted by molar-refractivity contribution is 6.00. The molecule has 1 saturated carbocycles. The summed E-state index contributed by atoms with van der Waals surface area (Å²) in [5.74, 6) is 0.520. The van der Waals surface area contributed by atoms with E-state index in [0.29, 0.717) is 17.6 Å². The molecule has 148 valence electrons. The summed E-state index contributed by atoms with van der Waals surface area (Å²) in [6.45, 7) is 10.6. The number of ether oxygens (including phenoxy) is 1. The quantitative estimate of drug-likeness (QED) is 0.823. The van der Waals surface area contributed by atoms with Gasteiger partial charge in [-0.15, -0.1) is 0 Å². The molecular weight excluding hydrogens is 338 g/mol. The van der Waals surface area contributed by atoms with Crippen LogP contribution in [0, 0.1) is 12.8 Å². The van der Waals surface area contributed by atoms with Gasteiger partial charge in [0.25, 0.3) is 5.91 Å². The fraction of sp³-hybridized carbons (Fsp3) is 0.636. The highest BCUT2D eigenvalue weighted by Gasteiger charge is 2.26. The third-order valence-corrected chi connectivity index (χ3v) is 5.79. The highest BCUT2D eigenvalue weighted by atomic mass is 16.5. The Hall–Kier alpha value is -1.88. The van der Waals surface area contributed by atoms with E-state index in [9.17, 15) is 4.79 Å². The molecule has 0 aliphatic heterocycles. The van der Waals surface area contributed by atoms with Crippen molar-refractivity contribution in [3.8, 4) is 0 Å². The van der Waals surface area contributed by atoms with Gasteiger partial charge in [-0.1, -0.05) is 20.8 Å². The van der Waals surface area contributed by atoms with E-state index in [0.717, 1.165) is 43.4 Å². The first-order valence-electron chi connectivity index (χ1n) is 10.3. The van der Waals surface area contributed by atoms with E-state index in [2.05, 4.69) is 44.1 Å². The molecule has 2 aromatic heterocycles. The zero-order valence-corrected chi connectivity index (χ0v) is 17.3. The number of hydrogen-bond acceptors (Lipinski definition) is 3. The van der Waals surface area contributed by atoms with Crippen LogP contribution in [0.25, 0.3) is 5.65 Å². The molecule has 0 saturated heterocycles. The summed E-state index contributed by atoms with van der Waals surface area (Å²) >= 11 is 0. The van der Waals surface area contributed by atoms with Crippen LogP contribution in [-0.4, -0.2) is 33.5 Å². The number of nitrogens with zero attached hydrogens (tertiary/aromatic N) is 2. The Labute approximate surface area is 162 Å². The van der Waals surface area contributed by atoms with Crippen LogP contribution in [0.2, 0.25) is 0 Å². The number of hydrogen-bond donors (Lipinski definition) is 1. The summed E-state index contributed by atoms with van der Waals surface area (Å²) in [5, 5.41) is 3.22. The van der Waals surface area contributed by atoms with Crippen LogP contribution in [-0.2, 0) is 11.2 Å². The van der Waals surface area contributed by atoms with Crippen LogP contribution in [0.5, 0.6) is 0 Å². The van der Waals surface area contributed by atoms with Crippen molar-refractivity contribution in [3.05, 3.63) is 35.3 Å². The summed E-state index contributed by atoms with van der Waals surface area (Å²) in [5.41, 5.74) is 3.55. The van der Waals surface area contributed by atoms with Crippen LogP contribution in [0.4, 0.5) is 0 Å². The van der Waals surface area contributed by atoms with Crippen molar-refractivity contribution >= 4 is 11.6 Å². The number of nitrogens with one attached hydrogen (secondary N) is 1. The maximum Gasteiger partial charge on any atom is 0.255 e. The highest BCUT2D eigenvalue weighted by Crippen LogP contribution is 2.24. The van der Waals surface area contributed by atoms with Gasteiger partial charge in [-0.2, -0.15) is 0 Å². The second-order valence-electron chi connectivity index (χ2n) is 8.20. The van der Waals surface area contributed by atoms with E-state index >= 15 is 0 Å². The van der Waals surface area contributed by atoms with Crippen molar-refractivity contribution < 1.29 is 9.53 Å². The topological polar surface area (TPSA) is 55.6 Å². The van der Waals surface area contributed by atoms with Gasteiger partial charge in [-0.25, -0.2) is 4.98 Å². The van der Waals surface area contributed by atoms with E-state index < -0.39 is 0 Å². The van der Waals surface area contributed by atoms with E-state index in [1.54, 1.807) is 0 Å². The lowest BCUT2D eigenvalue weighted by Crippen LogP contribution is -2.40. The Morgan fingerprint density at radius 2 is 2.00 bits per heavy atom. The maximum absolute atomic E-state index is 12.9. The van der Waals surface area contributed by atoms with Gasteiger partial charge >= 0.3 is 0 Å². The Morgan fingerprint density at radius 1 is 1.30 bits per heavy atom. The standard InChI is InChI=1S/C22H33N3O2/c1-6-18-13-15(4)23-21-20(11-12-25(18)21)22(26)24-17-7-9-19(10-8-17)27-16(5)14(2)3/h11-14,16-17,19H,6-10H2,1-5H3,(H,24,26)/t16?,17-,19-. The molecule has 1 amide bonds. The Balaban J connectivity index is 1.62. The molecule has 3 rings (SSSR count). The maximum atomic E-state index is 12.9. The number of aromatic nitrogens is 2. The summed E-state index contributed by atoms with van der Waals surface area (Å²) in [4.78, 5) is 17.5. The number of aryl methyl sites for hydroxylation is 2. The van der Waals surface area contributed by atoms with Crippen LogP contribution in [0.1, 0.15) is 75.1 Å². The molecule has 5 heteroatoms. The zero-order valence-electron chi connectivity index (χ0n) is 17.3. The van der Waals surface area contributed by atoms with Crippen molar-refractivity contribution in [2.75, 3.05) is 0 Å². The van der Waals surface area contributed by atoms with Crippen LogP contribution >= 0.6 is 0 Å². The second kappa shape index (κ2) is 8.42. The van der Waals surface area contributed by atoms with Crippen molar-refractivity contribution in [1.29, 1.82) is 0 Å². The van der Waals surface area contributed by atoms with E-state index in [-0.39, 0.29) is 18.1 Å². The predicted octanol–water partition coefficient (Wildman–Crippen LogP) is 4.31. The molecule has 1 unspecified atom stereocenters. The first kappa shape index (κ1) is 19.9. The molecule has 1 aliphatic carbocycles. The van der Waals surface area contributed by atoms with Crippen molar-refractivity contribution in [3.63, 3.8) is 0 Å². The Morgan fingerprint density at radius 3 is 2.63 bits per heavy atom. The van der Waals surface area contributed by atoms with E-state index in [1.165, 1.54) is 5.69 Å². The molecule has 0 bridgehead atoms. The molecular formula is C22H33N3O2. The van der Waals surface area contributed by atoms with Gasteiger partial charge in [0.1, 0.15) is 5.65 Å². The molecule has 1 N–H and O–H groups in total. The van der Waals surface area contributed by atoms with Gasteiger partial charge in [0.05, 0.1) is 17.8 Å². The minimum atomic E-state index is -0.0161. The number of carbonyl (C=O) groups is 1. The molecule has 1 aliphatic rings. The Bertz CT molecular complexity index is 788. The van der Waals surface area contributed by atoms with Gasteiger partial charge in [-0.05, 0) is 64.0 Å². The third-order valence-electron chi connectivity index (χ3n) is 5.79. The predicted molar refractivity (Wildman–Crippen MR) is 108 cm³/mol. The molecule has 1 fully saturated rings. The summed E-state index contributed by atoms with van der Waals surface area (Å²) in [7, 11) is 0. The van der Waals surface area contributed by atoms with Crippen molar-refractivity contribution in [1.82, 2.24) is 14.7 Å². The largest absolute Gasteiger partial charge is 0.375 e. The molecule has 2 aromatic rings. The molecule has 0 radical (unpaired) electrons. The van der Waals surface area contributed by atoms with Gasteiger partial charge in [-0.3, -0.25) is 4.79 Å². The van der Waals surface area contributed by atoms with Crippen LogP contribution in [0.15, 0.2) is 18.3 Å². The molecule has 2 heterocycles. The van der Waals surface area contributed by atoms with E-state index in [4.69, 9.17) is 4.74 Å². The average molecular weight is 372 g/mol. The summed E-state index contributed by atoms with van der Waals surface area (Å²) in [6.07, 6.45) is 7.44. The van der Waals surface area contributed by atoms with Gasteiger partial charge in [0.2, 0.25) is 0 Å². The van der Waals surface area contributed by atoms with Crippen LogP contribution in [0.3, 0.4) is 0 Å². The number of amides is 1. The first-order valence-corrected chi connectivity index (χ1v) is 10.3. The number of carbonyl (C=O) groups excluding carboxylic acids is 1. The van der Waals surface area contributed by atoms with Gasteiger partial charge in [0, 0.05) is 23.6 Å². The normalized spacial score (nSPS) is 21.6. The lowest BCUT2D eigenvalue weighted by Gasteiger charge is -2.32. The fourth-order valence-electron chi connectivity index (χ4n) is 3.80. The molecule has 5 nitrogen and oxygen atoms in total. The molecule has 0 aromatic carbocycles. The second-order valence-corrected chi connectivity index (χ2v) is 8.20. The minimum Gasteiger partial charge on any atom is -0.375 e. The minimum absolute atomic E-state index is 0.0161. The third kappa shape index (κ3) is 4.52. The van der Waals surface area contributed by atoms with E-state index in [1.807, 2.05) is 23.6 Å². The molecule has 1 atom stereocenters. The smallest absolute Gasteiger partial charge is 0.255 e. The summed E-state index contributed by atoms with van der Waals surface area (Å²) in [6, 6.07) is 4.18. The number of fused-ring (bicyclic) bond motifs is 1. The van der Waals surface area contributed by atoms with Crippen molar-refractivity contribution in [2.24, 2.45) is 5.92 Å². The SMILES string of the molecule is CCc1cc(C)nc2c(C(=O)N[C@H]3CC[C@H](OC(C)C(C)C)CC3)ccn12. The fourth-order valence-corrected chi connectivity index (χ4v) is 3.80. The monoisotopic (exact) mass is 371 g/mol.